The van der Waals surface area contributed by atoms with Gasteiger partial charge in [-0.2, -0.15) is 0 Å². The summed E-state index contributed by atoms with van der Waals surface area (Å²) in [6, 6.07) is 1.58. The highest BCUT2D eigenvalue weighted by Crippen LogP contribution is 2.59. The Morgan fingerprint density at radius 2 is 1.88 bits per heavy atom. The minimum Gasteiger partial charge on any atom is -0.508 e. The average molecular weight is 350 g/mol. The van der Waals surface area contributed by atoms with Crippen molar-refractivity contribution in [2.75, 3.05) is 0 Å². The average Bonchev–Trinajstić information content (AvgIpc) is 3.36. The number of allylic oxidation sites excluding steroid dienone is 6. The first kappa shape index (κ1) is 14.4. The fraction of sp³-hybridized carbons (Fsp3) is 0.250. The van der Waals surface area contributed by atoms with Crippen LogP contribution in [0.15, 0.2) is 47.5 Å². The van der Waals surface area contributed by atoms with Crippen molar-refractivity contribution in [2.45, 2.75) is 24.2 Å². The lowest BCUT2D eigenvalue weighted by atomic mass is 9.77. The number of aliphatic hydroxyl groups excluding tert-OH is 3. The van der Waals surface area contributed by atoms with E-state index in [1.54, 1.807) is 12.1 Å². The number of carbonyl (C=O) groups is 1. The molecule has 0 spiro atoms. The van der Waals surface area contributed by atoms with Crippen LogP contribution in [0.5, 0.6) is 5.75 Å². The monoisotopic (exact) mass is 350 g/mol. The molecule has 5 aliphatic rings. The molecule has 1 aromatic rings. The molecule has 2 unspecified atom stereocenters. The Kier molecular flexibility index (Phi) is 2.36. The molecule has 0 saturated carbocycles. The van der Waals surface area contributed by atoms with E-state index in [1.165, 1.54) is 12.2 Å². The number of fused-ring (bicyclic) bond motifs is 6. The first-order valence-corrected chi connectivity index (χ1v) is 8.49. The van der Waals surface area contributed by atoms with E-state index < -0.39 is 18.3 Å². The van der Waals surface area contributed by atoms with Crippen molar-refractivity contribution in [1.82, 2.24) is 0 Å². The lowest BCUT2D eigenvalue weighted by molar-refractivity contribution is 0.0938. The molecule has 1 saturated heterocycles. The quantitative estimate of drug-likeness (QED) is 0.535. The predicted octanol–water partition coefficient (Wildman–Crippen LogP) is 2.32. The Labute approximate surface area is 147 Å². The summed E-state index contributed by atoms with van der Waals surface area (Å²) in [4.78, 5) is 12.9. The summed E-state index contributed by atoms with van der Waals surface area (Å²) in [6.45, 7) is 0. The van der Waals surface area contributed by atoms with Crippen molar-refractivity contribution < 1.29 is 30.0 Å². The molecule has 0 aromatic heterocycles. The summed E-state index contributed by atoms with van der Waals surface area (Å²) in [5.74, 6) is -0.911. The summed E-state index contributed by atoms with van der Waals surface area (Å²) in [5.41, 5.74) is 3.15. The molecule has 1 heterocycles. The molecule has 0 bridgehead atoms. The molecular weight excluding hydrogens is 336 g/mol. The van der Waals surface area contributed by atoms with Crippen LogP contribution in [-0.4, -0.2) is 38.4 Å². The third kappa shape index (κ3) is 1.45. The van der Waals surface area contributed by atoms with Gasteiger partial charge in [-0.05, 0) is 34.9 Å². The molecule has 0 radical (unpaired) electrons. The second-order valence-corrected chi connectivity index (χ2v) is 7.31. The fourth-order valence-corrected chi connectivity index (χ4v) is 4.97. The number of hydrogen-bond donors (Lipinski definition) is 4. The molecule has 1 aromatic carbocycles. The van der Waals surface area contributed by atoms with E-state index in [0.29, 0.717) is 16.7 Å². The number of ether oxygens (including phenoxy) is 1. The van der Waals surface area contributed by atoms with Crippen LogP contribution in [0, 0.1) is 5.92 Å². The Morgan fingerprint density at radius 3 is 2.69 bits per heavy atom. The third-order valence-corrected chi connectivity index (χ3v) is 6.10. The van der Waals surface area contributed by atoms with Crippen molar-refractivity contribution in [3.8, 4) is 5.75 Å². The molecule has 1 aliphatic heterocycles. The molecule has 6 nitrogen and oxygen atoms in total. The van der Waals surface area contributed by atoms with Gasteiger partial charge in [0.2, 0.25) is 0 Å². The molecule has 4 aliphatic carbocycles. The largest absolute Gasteiger partial charge is 0.508 e. The van der Waals surface area contributed by atoms with Gasteiger partial charge in [-0.1, -0.05) is 12.2 Å². The number of benzene rings is 1. The maximum atomic E-state index is 12.9. The van der Waals surface area contributed by atoms with Crippen molar-refractivity contribution in [3.63, 3.8) is 0 Å². The normalized spacial score (nSPS) is 35.3. The first-order chi connectivity index (χ1) is 12.5. The number of rotatable bonds is 0. The highest BCUT2D eigenvalue weighted by Gasteiger charge is 2.58. The minimum absolute atomic E-state index is 0.00607. The van der Waals surface area contributed by atoms with Crippen LogP contribution in [-0.2, 0) is 4.74 Å². The summed E-state index contributed by atoms with van der Waals surface area (Å²) < 4.78 is 5.31. The van der Waals surface area contributed by atoms with E-state index >= 15 is 0 Å². The zero-order chi connectivity index (χ0) is 17.9. The Balaban J connectivity index is 1.70. The molecule has 26 heavy (non-hydrogen) atoms. The van der Waals surface area contributed by atoms with Gasteiger partial charge in [0.25, 0.3) is 0 Å². The van der Waals surface area contributed by atoms with Crippen LogP contribution in [0.3, 0.4) is 0 Å². The van der Waals surface area contributed by atoms with Crippen molar-refractivity contribution >= 4 is 11.4 Å². The lowest BCUT2D eigenvalue weighted by Crippen LogP contribution is -2.26. The van der Waals surface area contributed by atoms with Crippen LogP contribution in [0.25, 0.3) is 5.57 Å². The zero-order valence-corrected chi connectivity index (χ0v) is 13.4. The standard InChI is InChI=1S/C20H14O6/c21-9-3-1-6-8-5-11(23)15-16(18(25)20-19(26-20)17(15)24)13(8)7-2-4-10(22)14(9)12(6)7/h1-6,12,17,19-24H/t6?,12?,17-,19-,20+/m0/s1. The number of ketones is 1. The highest BCUT2D eigenvalue weighted by atomic mass is 16.6. The van der Waals surface area contributed by atoms with Crippen LogP contribution in [0.1, 0.15) is 39.1 Å². The molecule has 4 N–H and O–H groups in total. The Bertz CT molecular complexity index is 1060. The fourth-order valence-electron chi connectivity index (χ4n) is 4.97. The first-order valence-electron chi connectivity index (χ1n) is 8.49. The summed E-state index contributed by atoms with van der Waals surface area (Å²) in [6.07, 6.45) is 4.28. The third-order valence-electron chi connectivity index (χ3n) is 6.10. The summed E-state index contributed by atoms with van der Waals surface area (Å²) >= 11 is 0. The smallest absolute Gasteiger partial charge is 0.195 e. The molecule has 130 valence electrons. The van der Waals surface area contributed by atoms with Gasteiger partial charge in [0.05, 0.1) is 0 Å². The Morgan fingerprint density at radius 1 is 1.08 bits per heavy atom. The molecular formula is C20H14O6. The second kappa shape index (κ2) is 4.28. The van der Waals surface area contributed by atoms with Gasteiger partial charge in [-0.15, -0.1) is 0 Å². The van der Waals surface area contributed by atoms with Gasteiger partial charge in [0, 0.05) is 28.5 Å². The van der Waals surface area contributed by atoms with E-state index in [2.05, 4.69) is 0 Å². The number of carbonyl (C=O) groups excluding carboxylic acids is 1. The molecule has 5 atom stereocenters. The predicted molar refractivity (Wildman–Crippen MR) is 89.8 cm³/mol. The SMILES string of the molecule is O=C1c2c3c(cc(O)c2[C@H](O)[C@@H]2O[C@H]12)C1C=CC(O)=C2C(O)=CC=C3C21. The maximum absolute atomic E-state index is 12.9. The molecule has 6 heteroatoms. The minimum atomic E-state index is -1.05. The van der Waals surface area contributed by atoms with Gasteiger partial charge >= 0.3 is 0 Å². The summed E-state index contributed by atoms with van der Waals surface area (Å²) in [7, 11) is 0. The highest BCUT2D eigenvalue weighted by molar-refractivity contribution is 6.10. The number of phenolic OH excluding ortho intramolecular Hbond substituents is 1. The second-order valence-electron chi connectivity index (χ2n) is 7.31. The number of aromatic hydroxyl groups is 1. The number of Topliss-reactive ketones (excluding diaryl/α,β-unsaturated/α-hetero) is 1. The van der Waals surface area contributed by atoms with Crippen molar-refractivity contribution in [1.29, 1.82) is 0 Å². The van der Waals surface area contributed by atoms with E-state index in [9.17, 15) is 25.2 Å². The number of hydrogen-bond acceptors (Lipinski definition) is 6. The van der Waals surface area contributed by atoms with Crippen molar-refractivity contribution in [3.05, 3.63) is 69.7 Å². The van der Waals surface area contributed by atoms with Crippen LogP contribution < -0.4 is 0 Å². The molecule has 1 fully saturated rings. The zero-order valence-electron chi connectivity index (χ0n) is 13.4. The topological polar surface area (TPSA) is 111 Å². The number of epoxide rings is 1. The van der Waals surface area contributed by atoms with Crippen LogP contribution in [0.2, 0.25) is 0 Å². The van der Waals surface area contributed by atoms with E-state index in [4.69, 9.17) is 4.74 Å². The van der Waals surface area contributed by atoms with Gasteiger partial charge in [0.1, 0.15) is 29.5 Å². The van der Waals surface area contributed by atoms with Crippen molar-refractivity contribution in [2.24, 2.45) is 5.92 Å². The number of phenols is 1. The summed E-state index contributed by atoms with van der Waals surface area (Å²) in [5, 5.41) is 41.5. The van der Waals surface area contributed by atoms with Gasteiger partial charge in [0.15, 0.2) is 11.9 Å². The van der Waals surface area contributed by atoms with Gasteiger partial charge in [-0.25, -0.2) is 0 Å². The van der Waals surface area contributed by atoms with E-state index in [0.717, 1.165) is 11.1 Å². The van der Waals surface area contributed by atoms with Crippen LogP contribution >= 0.6 is 0 Å². The van der Waals surface area contributed by atoms with E-state index in [-0.39, 0.29) is 40.5 Å². The van der Waals surface area contributed by atoms with Crippen LogP contribution in [0.4, 0.5) is 0 Å². The Hall–Kier alpha value is -2.83. The lowest BCUT2D eigenvalue weighted by Gasteiger charge is -2.28. The molecule has 0 amide bonds. The van der Waals surface area contributed by atoms with Gasteiger partial charge < -0.3 is 25.2 Å². The molecule has 6 rings (SSSR count). The maximum Gasteiger partial charge on any atom is 0.195 e. The number of aliphatic hydroxyl groups is 3. The van der Waals surface area contributed by atoms with Gasteiger partial charge in [-0.3, -0.25) is 4.79 Å². The van der Waals surface area contributed by atoms with E-state index in [1.807, 2.05) is 6.08 Å².